The van der Waals surface area contributed by atoms with Gasteiger partial charge in [-0.25, -0.2) is 0 Å². The maximum atomic E-state index is 12.4. The van der Waals surface area contributed by atoms with Crippen molar-refractivity contribution in [2.45, 2.75) is 66.1 Å². The molecule has 0 saturated carbocycles. The van der Waals surface area contributed by atoms with Crippen LogP contribution in [0.15, 0.2) is 0 Å². The van der Waals surface area contributed by atoms with Crippen molar-refractivity contribution in [2.75, 3.05) is 6.54 Å². The van der Waals surface area contributed by atoms with Crippen LogP contribution in [0, 0.1) is 11.8 Å². The van der Waals surface area contributed by atoms with E-state index in [4.69, 9.17) is 0 Å². The highest BCUT2D eigenvalue weighted by molar-refractivity contribution is 5.84. The summed E-state index contributed by atoms with van der Waals surface area (Å²) in [4.78, 5) is 14.4. The summed E-state index contributed by atoms with van der Waals surface area (Å²) in [7, 11) is 0. The Morgan fingerprint density at radius 1 is 1.29 bits per heavy atom. The quantitative estimate of drug-likeness (QED) is 0.774. The molecule has 0 radical (unpaired) electrons. The molecule has 0 spiro atoms. The van der Waals surface area contributed by atoms with Gasteiger partial charge in [-0.15, -0.1) is 0 Å². The van der Waals surface area contributed by atoms with Gasteiger partial charge in [0.15, 0.2) is 0 Å². The highest BCUT2D eigenvalue weighted by Gasteiger charge is 2.39. The summed E-state index contributed by atoms with van der Waals surface area (Å²) in [6, 6.07) is 0.0390. The van der Waals surface area contributed by atoms with Crippen molar-refractivity contribution in [3.8, 4) is 0 Å². The summed E-state index contributed by atoms with van der Waals surface area (Å²) in [5, 5.41) is 3.49. The zero-order valence-electron chi connectivity index (χ0n) is 12.0. The Morgan fingerprint density at radius 3 is 2.41 bits per heavy atom. The van der Waals surface area contributed by atoms with Crippen molar-refractivity contribution in [1.82, 2.24) is 10.2 Å². The van der Waals surface area contributed by atoms with Crippen molar-refractivity contribution < 1.29 is 4.79 Å². The van der Waals surface area contributed by atoms with Crippen LogP contribution in [-0.2, 0) is 4.79 Å². The Kier molecular flexibility index (Phi) is 5.44. The van der Waals surface area contributed by atoms with Crippen molar-refractivity contribution in [3.63, 3.8) is 0 Å². The molecule has 100 valence electrons. The van der Waals surface area contributed by atoms with Crippen LogP contribution < -0.4 is 5.32 Å². The van der Waals surface area contributed by atoms with Gasteiger partial charge in [-0.1, -0.05) is 41.0 Å². The highest BCUT2D eigenvalue weighted by atomic mass is 16.2. The smallest absolute Gasteiger partial charge is 0.241 e. The maximum absolute atomic E-state index is 12.4. The van der Waals surface area contributed by atoms with Crippen LogP contribution in [0.5, 0.6) is 0 Å². The average Bonchev–Trinajstić information content (AvgIpc) is 2.62. The second-order valence-electron chi connectivity index (χ2n) is 5.67. The number of nitrogens with zero attached hydrogens (tertiary/aromatic N) is 1. The van der Waals surface area contributed by atoms with E-state index >= 15 is 0 Å². The van der Waals surface area contributed by atoms with Crippen LogP contribution in [0.1, 0.15) is 53.9 Å². The first kappa shape index (κ1) is 14.5. The van der Waals surface area contributed by atoms with E-state index in [1.54, 1.807) is 0 Å². The molecule has 3 atom stereocenters. The summed E-state index contributed by atoms with van der Waals surface area (Å²) in [6.45, 7) is 11.8. The number of hydrogen-bond donors (Lipinski definition) is 1. The van der Waals surface area contributed by atoms with Crippen LogP contribution in [0.3, 0.4) is 0 Å². The lowest BCUT2D eigenvalue weighted by Crippen LogP contribution is -2.37. The predicted octanol–water partition coefficient (Wildman–Crippen LogP) is 2.62. The summed E-state index contributed by atoms with van der Waals surface area (Å²) in [5.74, 6) is 1.40. The number of nitrogens with one attached hydrogen (secondary N) is 1. The van der Waals surface area contributed by atoms with Crippen LogP contribution >= 0.6 is 0 Å². The van der Waals surface area contributed by atoms with E-state index < -0.39 is 0 Å². The summed E-state index contributed by atoms with van der Waals surface area (Å²) in [6.07, 6.45) is 3.39. The molecule has 17 heavy (non-hydrogen) atoms. The molecule has 1 heterocycles. The molecule has 1 N–H and O–H groups in total. The van der Waals surface area contributed by atoms with Gasteiger partial charge in [-0.2, -0.15) is 0 Å². The maximum Gasteiger partial charge on any atom is 0.241 e. The molecule has 0 aromatic rings. The molecule has 0 bridgehead atoms. The van der Waals surface area contributed by atoms with Crippen LogP contribution in [0.4, 0.5) is 0 Å². The first-order valence-corrected chi connectivity index (χ1v) is 7.07. The highest BCUT2D eigenvalue weighted by Crippen LogP contribution is 2.21. The van der Waals surface area contributed by atoms with E-state index in [1.165, 1.54) is 0 Å². The van der Waals surface area contributed by atoms with Gasteiger partial charge in [0, 0.05) is 6.54 Å². The first-order valence-electron chi connectivity index (χ1n) is 7.07. The molecule has 3 unspecified atom stereocenters. The standard InChI is InChI=1S/C14H28N2O/c1-6-11(5)13-14(17)16(9-8-10(3)4)12(7-2)15-13/h10-13,15H,6-9H2,1-5H3. The Balaban J connectivity index is 2.65. The molecule has 1 aliphatic heterocycles. The number of rotatable bonds is 6. The van der Waals surface area contributed by atoms with Gasteiger partial charge in [0.2, 0.25) is 5.91 Å². The van der Waals surface area contributed by atoms with Gasteiger partial charge in [-0.05, 0) is 24.7 Å². The minimum Gasteiger partial charge on any atom is -0.326 e. The van der Waals surface area contributed by atoms with Gasteiger partial charge >= 0.3 is 0 Å². The SMILES string of the molecule is CCC(C)C1NC(CC)N(CCC(C)C)C1=O. The molecular formula is C14H28N2O. The lowest BCUT2D eigenvalue weighted by Gasteiger charge is -2.23. The van der Waals surface area contributed by atoms with Gasteiger partial charge in [0.1, 0.15) is 0 Å². The summed E-state index contributed by atoms with van der Waals surface area (Å²) < 4.78 is 0. The van der Waals surface area contributed by atoms with Crippen molar-refractivity contribution in [2.24, 2.45) is 11.8 Å². The van der Waals surface area contributed by atoms with E-state index in [9.17, 15) is 4.79 Å². The van der Waals surface area contributed by atoms with E-state index in [-0.39, 0.29) is 12.2 Å². The molecule has 3 heteroatoms. The van der Waals surface area contributed by atoms with E-state index in [0.717, 1.165) is 25.8 Å². The number of carbonyl (C=O) groups is 1. The topological polar surface area (TPSA) is 32.3 Å². The Labute approximate surface area is 106 Å². The largest absolute Gasteiger partial charge is 0.326 e. The minimum atomic E-state index is 0.0390. The molecule has 1 aliphatic rings. The Hall–Kier alpha value is -0.570. The monoisotopic (exact) mass is 240 g/mol. The number of hydrogen-bond acceptors (Lipinski definition) is 2. The van der Waals surface area contributed by atoms with Crippen LogP contribution in [0.25, 0.3) is 0 Å². The molecule has 1 saturated heterocycles. The van der Waals surface area contributed by atoms with Crippen LogP contribution in [0.2, 0.25) is 0 Å². The van der Waals surface area contributed by atoms with E-state index in [1.807, 2.05) is 0 Å². The van der Waals surface area contributed by atoms with Crippen LogP contribution in [-0.4, -0.2) is 29.6 Å². The number of carbonyl (C=O) groups excluding carboxylic acids is 1. The van der Waals surface area contributed by atoms with Gasteiger partial charge in [0.05, 0.1) is 12.2 Å². The Bertz CT molecular complexity index is 253. The summed E-state index contributed by atoms with van der Waals surface area (Å²) in [5.41, 5.74) is 0. The molecule has 0 aliphatic carbocycles. The zero-order valence-corrected chi connectivity index (χ0v) is 12.0. The normalized spacial score (nSPS) is 26.9. The molecule has 3 nitrogen and oxygen atoms in total. The molecule has 0 aromatic heterocycles. The van der Waals surface area contributed by atoms with Gasteiger partial charge in [0.25, 0.3) is 0 Å². The zero-order chi connectivity index (χ0) is 13.0. The van der Waals surface area contributed by atoms with Gasteiger partial charge < -0.3 is 4.90 Å². The Morgan fingerprint density at radius 2 is 1.94 bits per heavy atom. The molecule has 1 fully saturated rings. The molecular weight excluding hydrogens is 212 g/mol. The fourth-order valence-electron chi connectivity index (χ4n) is 2.35. The van der Waals surface area contributed by atoms with Crippen molar-refractivity contribution >= 4 is 5.91 Å². The van der Waals surface area contributed by atoms with Crippen molar-refractivity contribution in [3.05, 3.63) is 0 Å². The lowest BCUT2D eigenvalue weighted by atomic mass is 9.99. The average molecular weight is 240 g/mol. The fraction of sp³-hybridized carbons (Fsp3) is 0.929. The van der Waals surface area contributed by atoms with Crippen molar-refractivity contribution in [1.29, 1.82) is 0 Å². The third-order valence-corrected chi connectivity index (χ3v) is 3.84. The second-order valence-corrected chi connectivity index (χ2v) is 5.67. The minimum absolute atomic E-state index is 0.0390. The second kappa shape index (κ2) is 6.39. The van der Waals surface area contributed by atoms with E-state index in [0.29, 0.717) is 17.7 Å². The summed E-state index contributed by atoms with van der Waals surface area (Å²) >= 11 is 0. The lowest BCUT2D eigenvalue weighted by molar-refractivity contribution is -0.131. The predicted molar refractivity (Wildman–Crippen MR) is 71.6 cm³/mol. The number of amides is 1. The fourth-order valence-corrected chi connectivity index (χ4v) is 2.35. The van der Waals surface area contributed by atoms with Gasteiger partial charge in [-0.3, -0.25) is 10.1 Å². The molecule has 1 amide bonds. The van der Waals surface area contributed by atoms with E-state index in [2.05, 4.69) is 44.8 Å². The first-order chi connectivity index (χ1) is 8.01. The third-order valence-electron chi connectivity index (χ3n) is 3.84. The third kappa shape index (κ3) is 3.44. The molecule has 1 rings (SSSR count). The molecule has 0 aromatic carbocycles.